The van der Waals surface area contributed by atoms with Gasteiger partial charge in [-0.25, -0.2) is 4.79 Å². The van der Waals surface area contributed by atoms with Gasteiger partial charge >= 0.3 is 11.7 Å². The largest absolute Gasteiger partial charge is 0.460 e. The Morgan fingerprint density at radius 2 is 2.07 bits per heavy atom. The number of hydrogen-bond donors (Lipinski definition) is 0. The molecule has 0 unspecified atom stereocenters. The van der Waals surface area contributed by atoms with Crippen molar-refractivity contribution in [3.05, 3.63) is 17.7 Å². The van der Waals surface area contributed by atoms with Crippen LogP contribution in [-0.4, -0.2) is 23.6 Å². The third kappa shape index (κ3) is 3.68. The van der Waals surface area contributed by atoms with Gasteiger partial charge in [-0.15, -0.1) is 0 Å². The third-order valence-electron chi connectivity index (χ3n) is 2.68. The van der Waals surface area contributed by atoms with E-state index < -0.39 is 5.97 Å². The molecule has 0 bridgehead atoms. The smallest absolute Gasteiger partial charge is 0.421 e. The summed E-state index contributed by atoms with van der Waals surface area (Å²) in [7, 11) is 1.27. The number of nitrogens with zero attached hydrogens (tertiary/aromatic N) is 2. The lowest BCUT2D eigenvalue weighted by atomic mass is 9.89. The highest BCUT2D eigenvalue weighted by Crippen LogP contribution is 2.24. The summed E-state index contributed by atoms with van der Waals surface area (Å²) in [4.78, 5) is 13.9. The summed E-state index contributed by atoms with van der Waals surface area (Å²) in [6.07, 6.45) is 9.54. The molecule has 0 aromatic carbocycles. The van der Waals surface area contributed by atoms with Crippen molar-refractivity contribution >= 4 is 11.7 Å². The number of carbonyl (C=O) groups is 1. The molecular formula is C11H16N2O2. The van der Waals surface area contributed by atoms with Crippen LogP contribution in [0.3, 0.4) is 0 Å². The van der Waals surface area contributed by atoms with Gasteiger partial charge in [0, 0.05) is 6.08 Å². The van der Waals surface area contributed by atoms with Crippen LogP contribution in [0.15, 0.2) is 12.2 Å². The molecule has 0 atom stereocenters. The first-order valence-corrected chi connectivity index (χ1v) is 5.26. The maximum atomic E-state index is 11.1. The Morgan fingerprint density at radius 1 is 1.40 bits per heavy atom. The Kier molecular flexibility index (Phi) is 4.78. The van der Waals surface area contributed by atoms with Crippen molar-refractivity contribution in [3.63, 3.8) is 0 Å². The maximum absolute atomic E-state index is 11.1. The van der Waals surface area contributed by atoms with E-state index in [4.69, 9.17) is 5.53 Å². The molecule has 0 saturated heterocycles. The second-order valence-corrected chi connectivity index (χ2v) is 3.73. The topological polar surface area (TPSA) is 62.7 Å². The van der Waals surface area contributed by atoms with Crippen LogP contribution in [0.1, 0.15) is 32.1 Å². The SMILES string of the molecule is COC(=O)C(/C=C/C1CCCCC1)=[N+]=[N-]. The molecule has 1 fully saturated rings. The van der Waals surface area contributed by atoms with Gasteiger partial charge in [-0.1, -0.05) is 25.3 Å². The average Bonchev–Trinajstić information content (AvgIpc) is 2.31. The van der Waals surface area contributed by atoms with Crippen molar-refractivity contribution in [2.45, 2.75) is 32.1 Å². The molecule has 15 heavy (non-hydrogen) atoms. The van der Waals surface area contributed by atoms with Crippen molar-refractivity contribution in [2.24, 2.45) is 5.92 Å². The summed E-state index contributed by atoms with van der Waals surface area (Å²) in [5.41, 5.74) is 8.55. The number of esters is 1. The average molecular weight is 208 g/mol. The van der Waals surface area contributed by atoms with Crippen LogP contribution in [0.5, 0.6) is 0 Å². The van der Waals surface area contributed by atoms with Crippen LogP contribution in [0.25, 0.3) is 5.53 Å². The molecule has 0 aromatic rings. The predicted molar refractivity (Wildman–Crippen MR) is 56.4 cm³/mol. The minimum atomic E-state index is -0.607. The minimum Gasteiger partial charge on any atom is -0.460 e. The third-order valence-corrected chi connectivity index (χ3v) is 2.68. The molecule has 1 rings (SSSR count). The number of carbonyl (C=O) groups excluding carboxylic acids is 1. The summed E-state index contributed by atoms with van der Waals surface area (Å²) >= 11 is 0. The summed E-state index contributed by atoms with van der Waals surface area (Å²) in [6.45, 7) is 0. The first-order valence-electron chi connectivity index (χ1n) is 5.26. The summed E-state index contributed by atoms with van der Waals surface area (Å²) in [5, 5.41) is 0. The lowest BCUT2D eigenvalue weighted by Gasteiger charge is -2.17. The molecule has 1 aliphatic rings. The van der Waals surface area contributed by atoms with Crippen LogP contribution in [-0.2, 0) is 9.53 Å². The highest BCUT2D eigenvalue weighted by Gasteiger charge is 2.18. The normalized spacial score (nSPS) is 17.4. The maximum Gasteiger partial charge on any atom is 0.421 e. The van der Waals surface area contributed by atoms with Crippen molar-refractivity contribution in [1.29, 1.82) is 0 Å². The molecule has 0 aromatic heterocycles. The first-order chi connectivity index (χ1) is 7.27. The number of allylic oxidation sites excluding steroid dienone is 1. The van der Waals surface area contributed by atoms with Gasteiger partial charge in [-0.2, -0.15) is 4.79 Å². The number of hydrogen-bond acceptors (Lipinski definition) is 2. The lowest BCUT2D eigenvalue weighted by Crippen LogP contribution is -2.15. The van der Waals surface area contributed by atoms with E-state index in [1.165, 1.54) is 26.4 Å². The van der Waals surface area contributed by atoms with E-state index in [0.29, 0.717) is 5.92 Å². The van der Waals surface area contributed by atoms with Gasteiger partial charge in [-0.3, -0.25) is 0 Å². The van der Waals surface area contributed by atoms with Crippen LogP contribution in [0, 0.1) is 5.92 Å². The van der Waals surface area contributed by atoms with E-state index in [-0.39, 0.29) is 5.71 Å². The van der Waals surface area contributed by atoms with E-state index in [9.17, 15) is 4.79 Å². The Morgan fingerprint density at radius 3 is 2.60 bits per heavy atom. The molecule has 82 valence electrons. The monoisotopic (exact) mass is 208 g/mol. The summed E-state index contributed by atoms with van der Waals surface area (Å²) in [6, 6.07) is 0. The van der Waals surface area contributed by atoms with Gasteiger partial charge in [0.1, 0.15) is 0 Å². The van der Waals surface area contributed by atoms with Gasteiger partial charge in [0.05, 0.1) is 7.11 Å². The van der Waals surface area contributed by atoms with Crippen LogP contribution in [0.2, 0.25) is 0 Å². The summed E-state index contributed by atoms with van der Waals surface area (Å²) < 4.78 is 4.46. The van der Waals surface area contributed by atoms with Gasteiger partial charge in [0.2, 0.25) is 0 Å². The van der Waals surface area contributed by atoms with Crippen molar-refractivity contribution in [3.8, 4) is 0 Å². The zero-order valence-corrected chi connectivity index (χ0v) is 8.98. The molecular weight excluding hydrogens is 192 g/mol. The Hall–Kier alpha value is -1.41. The van der Waals surface area contributed by atoms with E-state index >= 15 is 0 Å². The molecule has 0 spiro atoms. The van der Waals surface area contributed by atoms with Crippen molar-refractivity contribution in [1.82, 2.24) is 0 Å². The van der Waals surface area contributed by atoms with E-state index in [0.717, 1.165) is 12.8 Å². The van der Waals surface area contributed by atoms with Gasteiger partial charge < -0.3 is 10.3 Å². The number of methoxy groups -OCH3 is 1. The number of ether oxygens (including phenoxy) is 1. The molecule has 0 N–H and O–H groups in total. The van der Waals surface area contributed by atoms with E-state index in [1.807, 2.05) is 6.08 Å². The molecule has 0 amide bonds. The first kappa shape index (κ1) is 11.7. The summed E-state index contributed by atoms with van der Waals surface area (Å²) in [5.74, 6) is -0.107. The Balaban J connectivity index is 2.54. The van der Waals surface area contributed by atoms with Crippen LogP contribution < -0.4 is 0 Å². The highest BCUT2D eigenvalue weighted by atomic mass is 16.5. The van der Waals surface area contributed by atoms with E-state index in [1.54, 1.807) is 6.08 Å². The standard InChI is InChI=1S/C11H16N2O2/c1-15-11(14)10(13-12)8-7-9-5-3-2-4-6-9/h7-9H,2-6H2,1H3/b8-7+. The van der Waals surface area contributed by atoms with E-state index in [2.05, 4.69) is 9.53 Å². The van der Waals surface area contributed by atoms with Gasteiger partial charge in [-0.05, 0) is 18.8 Å². The Labute approximate surface area is 89.6 Å². The fraction of sp³-hybridized carbons (Fsp3) is 0.636. The fourth-order valence-corrected chi connectivity index (χ4v) is 1.80. The molecule has 1 saturated carbocycles. The minimum absolute atomic E-state index is 0.0388. The highest BCUT2D eigenvalue weighted by molar-refractivity contribution is 6.38. The predicted octanol–water partition coefficient (Wildman–Crippen LogP) is 1.97. The molecule has 0 aliphatic heterocycles. The zero-order valence-electron chi connectivity index (χ0n) is 8.98. The fourth-order valence-electron chi connectivity index (χ4n) is 1.80. The molecule has 0 heterocycles. The zero-order chi connectivity index (χ0) is 11.1. The second-order valence-electron chi connectivity index (χ2n) is 3.73. The molecule has 4 nitrogen and oxygen atoms in total. The van der Waals surface area contributed by atoms with Gasteiger partial charge in [0.25, 0.3) is 0 Å². The second kappa shape index (κ2) is 6.14. The lowest BCUT2D eigenvalue weighted by molar-refractivity contribution is -0.137. The van der Waals surface area contributed by atoms with Crippen LogP contribution >= 0.6 is 0 Å². The van der Waals surface area contributed by atoms with Crippen LogP contribution in [0.4, 0.5) is 0 Å². The molecule has 0 radical (unpaired) electrons. The quantitative estimate of drug-likeness (QED) is 0.308. The van der Waals surface area contributed by atoms with Crippen molar-refractivity contribution < 1.29 is 14.3 Å². The van der Waals surface area contributed by atoms with Crippen molar-refractivity contribution in [2.75, 3.05) is 7.11 Å². The van der Waals surface area contributed by atoms with Gasteiger partial charge in [0.15, 0.2) is 0 Å². The Bertz CT molecular complexity index is 298. The number of rotatable bonds is 3. The molecule has 4 heteroatoms. The molecule has 1 aliphatic carbocycles.